The van der Waals surface area contributed by atoms with E-state index in [4.69, 9.17) is 4.74 Å². The number of aliphatic hydroxyl groups is 1. The van der Waals surface area contributed by atoms with Gasteiger partial charge in [-0.05, 0) is 35.7 Å². The van der Waals surface area contributed by atoms with Crippen LogP contribution in [0.15, 0.2) is 48.5 Å². The number of carboxylic acid groups (broad SMARTS) is 1. The Kier molecular flexibility index (Phi) is 7.45. The third-order valence-electron chi connectivity index (χ3n) is 4.42. The number of rotatable bonds is 9. The number of aromatic carboxylic acids is 1. The highest BCUT2D eigenvalue weighted by Crippen LogP contribution is 2.41. The van der Waals surface area contributed by atoms with Gasteiger partial charge < -0.3 is 19.7 Å². The molecule has 0 heterocycles. The van der Waals surface area contributed by atoms with Gasteiger partial charge in [-0.15, -0.1) is 0 Å². The van der Waals surface area contributed by atoms with E-state index in [1.54, 1.807) is 31.2 Å². The molecule has 152 valence electrons. The lowest BCUT2D eigenvalue weighted by Gasteiger charge is -2.28. The summed E-state index contributed by atoms with van der Waals surface area (Å²) in [5, 5.41) is 21.5. The summed E-state index contributed by atoms with van der Waals surface area (Å²) in [6.07, 6.45) is -5.69. The number of aliphatic hydroxyl groups excluding tert-OH is 1. The van der Waals surface area contributed by atoms with E-state index in [0.717, 1.165) is 17.7 Å². The predicted octanol–water partition coefficient (Wildman–Crippen LogP) is 3.83. The molecule has 0 aromatic heterocycles. The Morgan fingerprint density at radius 2 is 1.86 bits per heavy atom. The van der Waals surface area contributed by atoms with Gasteiger partial charge >= 0.3 is 6.18 Å². The van der Waals surface area contributed by atoms with Gasteiger partial charge in [-0.1, -0.05) is 50.1 Å². The molecule has 0 radical (unpaired) electrons. The minimum absolute atomic E-state index is 0.0841. The lowest BCUT2D eigenvalue weighted by molar-refractivity contribution is -0.255. The number of carboxylic acids is 1. The zero-order valence-corrected chi connectivity index (χ0v) is 15.4. The first-order valence-corrected chi connectivity index (χ1v) is 9.00. The van der Waals surface area contributed by atoms with Crippen molar-refractivity contribution in [2.45, 2.75) is 51.0 Å². The minimum atomic E-state index is -4.82. The number of ether oxygens (including phenoxy) is 1. The van der Waals surface area contributed by atoms with Crippen LogP contribution < -0.4 is 9.84 Å². The molecule has 2 atom stereocenters. The molecule has 2 unspecified atom stereocenters. The average molecular weight is 395 g/mol. The zero-order valence-electron chi connectivity index (χ0n) is 15.4. The van der Waals surface area contributed by atoms with E-state index < -0.39 is 35.3 Å². The molecule has 2 aromatic rings. The van der Waals surface area contributed by atoms with E-state index in [0.29, 0.717) is 12.8 Å². The summed E-state index contributed by atoms with van der Waals surface area (Å²) >= 11 is 0. The third-order valence-corrected chi connectivity index (χ3v) is 4.42. The van der Waals surface area contributed by atoms with Gasteiger partial charge in [0.25, 0.3) is 0 Å². The van der Waals surface area contributed by atoms with E-state index in [1.165, 1.54) is 6.07 Å². The van der Waals surface area contributed by atoms with Crippen molar-refractivity contribution >= 4 is 5.97 Å². The van der Waals surface area contributed by atoms with Crippen LogP contribution in [-0.4, -0.2) is 23.4 Å². The highest BCUT2D eigenvalue weighted by Gasteiger charge is 2.46. The molecule has 4 nitrogen and oxygen atoms in total. The number of halogens is 3. The van der Waals surface area contributed by atoms with Crippen LogP contribution in [0, 0.1) is 0 Å². The van der Waals surface area contributed by atoms with Crippen LogP contribution >= 0.6 is 0 Å². The van der Waals surface area contributed by atoms with Crippen molar-refractivity contribution in [3.05, 3.63) is 65.2 Å². The molecule has 28 heavy (non-hydrogen) atoms. The summed E-state index contributed by atoms with van der Waals surface area (Å²) in [5.74, 6) is -3.99. The van der Waals surface area contributed by atoms with Crippen LogP contribution in [0.5, 0.6) is 5.75 Å². The highest BCUT2D eigenvalue weighted by molar-refractivity contribution is 5.88. The van der Waals surface area contributed by atoms with Crippen LogP contribution in [0.2, 0.25) is 0 Å². The monoisotopic (exact) mass is 395 g/mol. The summed E-state index contributed by atoms with van der Waals surface area (Å²) in [6, 6.07) is 12.3. The number of hydrogen-bond donors (Lipinski definition) is 1. The Hall–Kier alpha value is -2.54. The predicted molar refractivity (Wildman–Crippen MR) is 95.9 cm³/mol. The van der Waals surface area contributed by atoms with Crippen LogP contribution in [0.25, 0.3) is 0 Å². The SMILES string of the molecule is CCCCC(O)C(c1cc(OCc2ccccc2)ccc1C(=O)[O-])C(F)(F)F. The molecular weight excluding hydrogens is 373 g/mol. The van der Waals surface area contributed by atoms with Crippen molar-refractivity contribution < 1.29 is 32.9 Å². The fraction of sp³-hybridized carbons (Fsp3) is 0.381. The fourth-order valence-electron chi connectivity index (χ4n) is 3.00. The van der Waals surface area contributed by atoms with Gasteiger partial charge in [0, 0.05) is 5.56 Å². The zero-order chi connectivity index (χ0) is 20.7. The maximum absolute atomic E-state index is 13.7. The van der Waals surface area contributed by atoms with Gasteiger partial charge in [0.15, 0.2) is 0 Å². The maximum Gasteiger partial charge on any atom is 0.398 e. The molecule has 0 saturated carbocycles. The van der Waals surface area contributed by atoms with Crippen LogP contribution in [0.1, 0.15) is 53.6 Å². The number of unbranched alkanes of at least 4 members (excludes halogenated alkanes) is 1. The number of benzene rings is 2. The Labute approximate surface area is 161 Å². The summed E-state index contributed by atoms with van der Waals surface area (Å²) in [5.41, 5.74) is -0.352. The van der Waals surface area contributed by atoms with Crippen molar-refractivity contribution in [1.82, 2.24) is 0 Å². The Morgan fingerprint density at radius 3 is 2.43 bits per heavy atom. The quantitative estimate of drug-likeness (QED) is 0.701. The van der Waals surface area contributed by atoms with E-state index in [2.05, 4.69) is 0 Å². The second kappa shape index (κ2) is 9.59. The highest BCUT2D eigenvalue weighted by atomic mass is 19.4. The molecule has 1 N–H and O–H groups in total. The smallest absolute Gasteiger partial charge is 0.398 e. The van der Waals surface area contributed by atoms with E-state index in [9.17, 15) is 28.2 Å². The number of alkyl halides is 3. The van der Waals surface area contributed by atoms with Crippen LogP contribution in [-0.2, 0) is 6.61 Å². The molecule has 0 fully saturated rings. The van der Waals surface area contributed by atoms with Gasteiger partial charge in [-0.3, -0.25) is 0 Å². The van der Waals surface area contributed by atoms with Gasteiger partial charge in [-0.25, -0.2) is 0 Å². The first kappa shape index (κ1) is 21.8. The molecule has 0 bridgehead atoms. The number of carbonyl (C=O) groups is 1. The normalized spacial score (nSPS) is 13.8. The lowest BCUT2D eigenvalue weighted by atomic mass is 9.86. The van der Waals surface area contributed by atoms with E-state index in [1.807, 2.05) is 6.07 Å². The van der Waals surface area contributed by atoms with Crippen LogP contribution in [0.3, 0.4) is 0 Å². The first-order chi connectivity index (χ1) is 13.2. The van der Waals surface area contributed by atoms with Gasteiger partial charge in [0.05, 0.1) is 12.1 Å². The number of hydrogen-bond acceptors (Lipinski definition) is 4. The molecule has 0 spiro atoms. The molecule has 7 heteroatoms. The minimum Gasteiger partial charge on any atom is -0.545 e. The standard InChI is InChI=1S/C21H23F3O4/c1-2-3-9-18(25)19(21(22,23)24)17-12-15(10-11-16(17)20(26)27)28-13-14-7-5-4-6-8-14/h4-8,10-12,18-19,25H,2-3,9,13H2,1H3,(H,26,27)/p-1. The van der Waals surface area contributed by atoms with Crippen molar-refractivity contribution in [1.29, 1.82) is 0 Å². The molecule has 0 aliphatic rings. The van der Waals surface area contributed by atoms with Crippen molar-refractivity contribution in [3.8, 4) is 5.75 Å². The van der Waals surface area contributed by atoms with Gasteiger partial charge in [0.2, 0.25) is 0 Å². The average Bonchev–Trinajstić information content (AvgIpc) is 2.64. The van der Waals surface area contributed by atoms with Crippen molar-refractivity contribution in [2.75, 3.05) is 0 Å². The second-order valence-electron chi connectivity index (χ2n) is 6.54. The third kappa shape index (κ3) is 5.73. The Balaban J connectivity index is 2.38. The topological polar surface area (TPSA) is 69.6 Å². The largest absolute Gasteiger partial charge is 0.545 e. The Morgan fingerprint density at radius 1 is 1.18 bits per heavy atom. The van der Waals surface area contributed by atoms with Gasteiger partial charge in [-0.2, -0.15) is 13.2 Å². The molecule has 2 aromatic carbocycles. The number of carbonyl (C=O) groups excluding carboxylic acids is 1. The molecule has 0 aliphatic heterocycles. The molecule has 0 amide bonds. The fourth-order valence-corrected chi connectivity index (χ4v) is 3.00. The summed E-state index contributed by atoms with van der Waals surface area (Å²) in [7, 11) is 0. The summed E-state index contributed by atoms with van der Waals surface area (Å²) in [4.78, 5) is 11.4. The maximum atomic E-state index is 13.7. The summed E-state index contributed by atoms with van der Waals surface area (Å²) in [6.45, 7) is 1.90. The van der Waals surface area contributed by atoms with E-state index in [-0.39, 0.29) is 18.8 Å². The molecule has 0 aliphatic carbocycles. The van der Waals surface area contributed by atoms with Crippen LogP contribution in [0.4, 0.5) is 13.2 Å². The molecule has 2 rings (SSSR count). The Bertz CT molecular complexity index is 775. The van der Waals surface area contributed by atoms with Crippen molar-refractivity contribution in [2.24, 2.45) is 0 Å². The second-order valence-corrected chi connectivity index (χ2v) is 6.54. The molecule has 0 saturated heterocycles. The van der Waals surface area contributed by atoms with Crippen molar-refractivity contribution in [3.63, 3.8) is 0 Å². The summed E-state index contributed by atoms with van der Waals surface area (Å²) < 4.78 is 46.6. The lowest BCUT2D eigenvalue weighted by Crippen LogP contribution is -2.35. The first-order valence-electron chi connectivity index (χ1n) is 9.00. The van der Waals surface area contributed by atoms with Gasteiger partial charge in [0.1, 0.15) is 18.3 Å². The molecular formula is C21H22F3O4-. The van der Waals surface area contributed by atoms with E-state index >= 15 is 0 Å².